The predicted octanol–water partition coefficient (Wildman–Crippen LogP) is 4.25. The summed E-state index contributed by atoms with van der Waals surface area (Å²) < 4.78 is 4.56. The molecule has 0 saturated heterocycles. The maximum absolute atomic E-state index is 11.5. The zero-order valence-electron chi connectivity index (χ0n) is 17.5. The van der Waals surface area contributed by atoms with Gasteiger partial charge in [-0.1, -0.05) is 70.4 Å². The fourth-order valence-corrected chi connectivity index (χ4v) is 2.85. The topological polar surface area (TPSA) is 107 Å². The van der Waals surface area contributed by atoms with Gasteiger partial charge in [-0.3, -0.25) is 9.59 Å². The number of rotatable bonds is 18. The molecule has 0 heterocycles. The molecule has 0 saturated carbocycles. The quantitative estimate of drug-likeness (QED) is 0.113. The molecule has 0 aliphatic rings. The first-order valence-corrected chi connectivity index (χ1v) is 10.8. The molecular formula is C22H40NNaO5. The van der Waals surface area contributed by atoms with Gasteiger partial charge < -0.3 is 15.6 Å². The van der Waals surface area contributed by atoms with Crippen LogP contribution in [0.15, 0.2) is 12.2 Å². The summed E-state index contributed by atoms with van der Waals surface area (Å²) in [4.78, 5) is 33.4. The second-order valence-electron chi connectivity index (χ2n) is 7.33. The first kappa shape index (κ1) is 30.5. The molecule has 0 aliphatic carbocycles. The minimum absolute atomic E-state index is 0. The zero-order chi connectivity index (χ0) is 21.0. The van der Waals surface area contributed by atoms with Gasteiger partial charge in [0.2, 0.25) is 0 Å². The molecular weight excluding hydrogens is 381 g/mol. The first-order chi connectivity index (χ1) is 13.5. The van der Waals surface area contributed by atoms with Gasteiger partial charge in [0.25, 0.3) is 0 Å². The summed E-state index contributed by atoms with van der Waals surface area (Å²) in [5.74, 6) is -2.81. The van der Waals surface area contributed by atoms with E-state index in [0.29, 0.717) is 6.42 Å². The van der Waals surface area contributed by atoms with Gasteiger partial charge in [-0.05, 0) is 32.1 Å². The molecule has 0 aliphatic heterocycles. The van der Waals surface area contributed by atoms with Crippen LogP contribution < -0.4 is 5.73 Å². The van der Waals surface area contributed by atoms with Crippen LogP contribution in [0.1, 0.15) is 103 Å². The van der Waals surface area contributed by atoms with Crippen molar-refractivity contribution < 1.29 is 24.2 Å². The number of ether oxygens (including phenoxy) is 1. The van der Waals surface area contributed by atoms with Crippen LogP contribution in [0.2, 0.25) is 0 Å². The Hall–Kier alpha value is -0.690. The molecule has 29 heavy (non-hydrogen) atoms. The molecule has 0 spiro atoms. The second-order valence-corrected chi connectivity index (χ2v) is 7.33. The van der Waals surface area contributed by atoms with Gasteiger partial charge in [0.1, 0.15) is 6.04 Å². The van der Waals surface area contributed by atoms with Gasteiger partial charge in [0.05, 0.1) is 6.42 Å². The van der Waals surface area contributed by atoms with Crippen molar-refractivity contribution in [3.05, 3.63) is 12.2 Å². The van der Waals surface area contributed by atoms with Crippen molar-refractivity contribution in [2.24, 2.45) is 5.73 Å². The van der Waals surface area contributed by atoms with Gasteiger partial charge in [-0.15, -0.1) is 0 Å². The number of carbonyl (C=O) groups is 3. The molecule has 0 fully saturated rings. The normalized spacial score (nSPS) is 11.8. The van der Waals surface area contributed by atoms with E-state index in [0.717, 1.165) is 32.1 Å². The molecule has 1 unspecified atom stereocenters. The van der Waals surface area contributed by atoms with Crippen LogP contribution in [-0.4, -0.2) is 58.6 Å². The van der Waals surface area contributed by atoms with Crippen molar-refractivity contribution in [3.8, 4) is 0 Å². The summed E-state index contributed by atoms with van der Waals surface area (Å²) in [6.07, 6.45) is 19.4. The molecule has 1 atom stereocenters. The summed E-state index contributed by atoms with van der Waals surface area (Å²) in [5, 5.41) is 8.54. The van der Waals surface area contributed by atoms with E-state index in [1.54, 1.807) is 0 Å². The third kappa shape index (κ3) is 21.8. The van der Waals surface area contributed by atoms with E-state index in [1.807, 2.05) is 0 Å². The number of allylic oxidation sites excluding steroid dienone is 2. The molecule has 0 bridgehead atoms. The first-order valence-electron chi connectivity index (χ1n) is 10.8. The average Bonchev–Trinajstić information content (AvgIpc) is 2.64. The van der Waals surface area contributed by atoms with Gasteiger partial charge in [0.15, 0.2) is 0 Å². The third-order valence-corrected chi connectivity index (χ3v) is 4.55. The number of nitrogens with two attached hydrogens (primary N) is 1. The molecule has 0 radical (unpaired) electrons. The molecule has 164 valence electrons. The Morgan fingerprint density at radius 2 is 1.34 bits per heavy atom. The Balaban J connectivity index is 0. The number of aliphatic carboxylic acids is 1. The van der Waals surface area contributed by atoms with Crippen LogP contribution >= 0.6 is 0 Å². The summed E-state index contributed by atoms with van der Waals surface area (Å²) in [5.41, 5.74) is 5.34. The number of carboxylic acids is 1. The van der Waals surface area contributed by atoms with Crippen molar-refractivity contribution in [3.63, 3.8) is 0 Å². The van der Waals surface area contributed by atoms with E-state index in [9.17, 15) is 14.4 Å². The van der Waals surface area contributed by atoms with Crippen LogP contribution in [0.3, 0.4) is 0 Å². The van der Waals surface area contributed by atoms with E-state index in [1.165, 1.54) is 44.9 Å². The molecule has 3 N–H and O–H groups in total. The van der Waals surface area contributed by atoms with Crippen molar-refractivity contribution in [1.82, 2.24) is 0 Å². The Kier molecular flexibility index (Phi) is 23.1. The number of carboxylic acid groups (broad SMARTS) is 1. The Bertz CT molecular complexity index is 468. The van der Waals surface area contributed by atoms with E-state index in [4.69, 9.17) is 10.8 Å². The Labute approximate surface area is 198 Å². The molecule has 7 heteroatoms. The summed E-state index contributed by atoms with van der Waals surface area (Å²) in [6.45, 7) is 2.24. The maximum atomic E-state index is 11.5. The molecule has 0 aromatic heterocycles. The molecule has 0 rings (SSSR count). The van der Waals surface area contributed by atoms with E-state index in [2.05, 4.69) is 23.8 Å². The van der Waals surface area contributed by atoms with E-state index >= 15 is 0 Å². The SMILES string of the molecule is CCCCCCCC/C=C\CCCCCCCC(=O)OC(=O)C(N)CC(=O)O.[NaH]. The minimum atomic E-state index is -1.30. The zero-order valence-corrected chi connectivity index (χ0v) is 17.5. The Morgan fingerprint density at radius 3 is 1.86 bits per heavy atom. The molecule has 6 nitrogen and oxygen atoms in total. The van der Waals surface area contributed by atoms with Crippen LogP contribution in [0.5, 0.6) is 0 Å². The van der Waals surface area contributed by atoms with Crippen LogP contribution in [-0.2, 0) is 19.1 Å². The van der Waals surface area contributed by atoms with Crippen molar-refractivity contribution in [2.75, 3.05) is 0 Å². The summed E-state index contributed by atoms with van der Waals surface area (Å²) in [7, 11) is 0. The predicted molar refractivity (Wildman–Crippen MR) is 118 cm³/mol. The fourth-order valence-electron chi connectivity index (χ4n) is 2.85. The summed E-state index contributed by atoms with van der Waals surface area (Å²) in [6, 6.07) is -1.30. The number of esters is 2. The third-order valence-electron chi connectivity index (χ3n) is 4.55. The number of unbranched alkanes of at least 4 members (excludes halogenated alkanes) is 11. The van der Waals surface area contributed by atoms with Crippen LogP contribution in [0.25, 0.3) is 0 Å². The molecule has 0 amide bonds. The van der Waals surface area contributed by atoms with Crippen molar-refractivity contribution in [2.45, 2.75) is 109 Å². The number of carbonyl (C=O) groups excluding carboxylic acids is 2. The van der Waals surface area contributed by atoms with Gasteiger partial charge in [0, 0.05) is 6.42 Å². The van der Waals surface area contributed by atoms with Crippen LogP contribution in [0, 0.1) is 0 Å². The van der Waals surface area contributed by atoms with Gasteiger partial charge in [-0.25, -0.2) is 4.79 Å². The fraction of sp³-hybridized carbons (Fsp3) is 0.773. The van der Waals surface area contributed by atoms with Crippen LogP contribution in [0.4, 0.5) is 0 Å². The number of hydrogen-bond acceptors (Lipinski definition) is 5. The average molecular weight is 422 g/mol. The van der Waals surface area contributed by atoms with Crippen molar-refractivity contribution >= 4 is 47.5 Å². The molecule has 0 aromatic carbocycles. The van der Waals surface area contributed by atoms with Gasteiger partial charge >= 0.3 is 47.5 Å². The van der Waals surface area contributed by atoms with Gasteiger partial charge in [-0.2, -0.15) is 0 Å². The standard InChI is InChI=1S/C22H39NO5.Na.H/c1-2-3-4-5-6-7-8-9-10-11-12-13-14-15-16-17-21(26)28-22(27)19(23)18-20(24)25;;/h9-10,19H,2-8,11-18,23H2,1H3,(H,24,25);;/b10-9-;;. The Morgan fingerprint density at radius 1 is 0.862 bits per heavy atom. The molecule has 0 aromatic rings. The van der Waals surface area contributed by atoms with E-state index in [-0.39, 0.29) is 36.0 Å². The number of hydrogen-bond donors (Lipinski definition) is 2. The second kappa shape index (κ2) is 22.0. The van der Waals surface area contributed by atoms with Crippen molar-refractivity contribution in [1.29, 1.82) is 0 Å². The monoisotopic (exact) mass is 421 g/mol. The summed E-state index contributed by atoms with van der Waals surface area (Å²) >= 11 is 0. The van der Waals surface area contributed by atoms with E-state index < -0.39 is 30.4 Å².